The molecule has 0 saturated heterocycles. The van der Waals surface area contributed by atoms with Crippen molar-refractivity contribution in [1.82, 2.24) is 10.3 Å². The van der Waals surface area contributed by atoms with Gasteiger partial charge in [0, 0.05) is 39.1 Å². The Morgan fingerprint density at radius 1 is 1.00 bits per heavy atom. The molecule has 2 aromatic rings. The van der Waals surface area contributed by atoms with Crippen molar-refractivity contribution in [2.75, 3.05) is 19.0 Å². The minimum Gasteiger partial charge on any atom is -1.00 e. The lowest BCUT2D eigenvalue weighted by molar-refractivity contribution is -0.00000385. The lowest BCUT2D eigenvalue weighted by Crippen LogP contribution is -3.00. The van der Waals surface area contributed by atoms with Crippen LogP contribution >= 0.6 is 0 Å². The molecule has 0 unspecified atom stereocenters. The van der Waals surface area contributed by atoms with Crippen molar-refractivity contribution >= 4 is 5.69 Å². The van der Waals surface area contributed by atoms with Crippen LogP contribution in [0.3, 0.4) is 0 Å². The minimum absolute atomic E-state index is 0. The van der Waals surface area contributed by atoms with E-state index >= 15 is 0 Å². The minimum atomic E-state index is 0. The summed E-state index contributed by atoms with van der Waals surface area (Å²) in [7, 11) is 4.10. The molecule has 19 heavy (non-hydrogen) atoms. The summed E-state index contributed by atoms with van der Waals surface area (Å²) in [5, 5.41) is 3.39. The average molecular weight is 277 g/mol. The molecule has 102 valence electrons. The summed E-state index contributed by atoms with van der Waals surface area (Å²) in [6.07, 6.45) is 1.82. The lowest BCUT2D eigenvalue weighted by Gasteiger charge is -2.12. The summed E-state index contributed by atoms with van der Waals surface area (Å²) in [4.78, 5) is 6.38. The van der Waals surface area contributed by atoms with Crippen molar-refractivity contribution in [3.63, 3.8) is 0 Å². The molecular weight excluding hydrogens is 258 g/mol. The normalized spacial score (nSPS) is 9.79. The third kappa shape index (κ3) is 4.89. The lowest BCUT2D eigenvalue weighted by atomic mass is 10.2. The standard InChI is InChI=1S/C15H19N3.ClH/c1-18(2)15-8-6-13(7-9-15)11-16-12-14-5-3-4-10-17-14;/h3-10,16H,11-12H2,1-2H3;1H/p-1. The Morgan fingerprint density at radius 2 is 1.74 bits per heavy atom. The zero-order valence-corrected chi connectivity index (χ0v) is 12.1. The molecular formula is C15H19ClN3-. The topological polar surface area (TPSA) is 28.2 Å². The highest BCUT2D eigenvalue weighted by molar-refractivity contribution is 5.45. The van der Waals surface area contributed by atoms with E-state index < -0.39 is 0 Å². The van der Waals surface area contributed by atoms with Crippen LogP contribution in [0.25, 0.3) is 0 Å². The van der Waals surface area contributed by atoms with Gasteiger partial charge in [-0.25, -0.2) is 0 Å². The first kappa shape index (κ1) is 15.5. The Kier molecular flexibility index (Phi) is 6.33. The summed E-state index contributed by atoms with van der Waals surface area (Å²) >= 11 is 0. The first-order valence-corrected chi connectivity index (χ1v) is 6.12. The van der Waals surface area contributed by atoms with E-state index in [0.717, 1.165) is 18.8 Å². The zero-order chi connectivity index (χ0) is 12.8. The highest BCUT2D eigenvalue weighted by Crippen LogP contribution is 2.12. The predicted molar refractivity (Wildman–Crippen MR) is 75.5 cm³/mol. The maximum Gasteiger partial charge on any atom is 0.0541 e. The fraction of sp³-hybridized carbons (Fsp3) is 0.267. The van der Waals surface area contributed by atoms with Crippen LogP contribution in [-0.2, 0) is 13.1 Å². The third-order valence-corrected chi connectivity index (χ3v) is 2.81. The molecule has 0 aliphatic rings. The molecule has 0 spiro atoms. The highest BCUT2D eigenvalue weighted by atomic mass is 35.5. The van der Waals surface area contributed by atoms with E-state index in [1.54, 1.807) is 0 Å². The van der Waals surface area contributed by atoms with Gasteiger partial charge in [-0.1, -0.05) is 18.2 Å². The van der Waals surface area contributed by atoms with E-state index in [-0.39, 0.29) is 12.4 Å². The van der Waals surface area contributed by atoms with Gasteiger partial charge in [0.2, 0.25) is 0 Å². The third-order valence-electron chi connectivity index (χ3n) is 2.81. The van der Waals surface area contributed by atoms with Gasteiger partial charge >= 0.3 is 0 Å². The van der Waals surface area contributed by atoms with Crippen molar-refractivity contribution in [2.45, 2.75) is 13.1 Å². The molecule has 2 rings (SSSR count). The van der Waals surface area contributed by atoms with E-state index in [1.807, 2.05) is 38.5 Å². The Morgan fingerprint density at radius 3 is 2.32 bits per heavy atom. The Hall–Kier alpha value is -1.58. The van der Waals surface area contributed by atoms with Crippen LogP contribution in [0.4, 0.5) is 5.69 Å². The van der Waals surface area contributed by atoms with Gasteiger partial charge in [-0.15, -0.1) is 0 Å². The number of anilines is 1. The van der Waals surface area contributed by atoms with Gasteiger partial charge in [-0.3, -0.25) is 4.98 Å². The maximum absolute atomic E-state index is 4.28. The van der Waals surface area contributed by atoms with Crippen LogP contribution in [0.5, 0.6) is 0 Å². The van der Waals surface area contributed by atoms with E-state index in [2.05, 4.69) is 39.5 Å². The number of aromatic nitrogens is 1. The van der Waals surface area contributed by atoms with Crippen LogP contribution in [0.15, 0.2) is 48.7 Å². The van der Waals surface area contributed by atoms with Crippen molar-refractivity contribution in [2.24, 2.45) is 0 Å². The summed E-state index contributed by atoms with van der Waals surface area (Å²) in [6, 6.07) is 14.6. The predicted octanol–water partition coefficient (Wildman–Crippen LogP) is -0.559. The summed E-state index contributed by atoms with van der Waals surface area (Å²) in [5.41, 5.74) is 3.59. The van der Waals surface area contributed by atoms with Crippen molar-refractivity contribution in [3.8, 4) is 0 Å². The molecule has 1 aromatic heterocycles. The second-order valence-corrected chi connectivity index (χ2v) is 4.49. The molecule has 3 nitrogen and oxygen atoms in total. The monoisotopic (exact) mass is 276 g/mol. The highest BCUT2D eigenvalue weighted by Gasteiger charge is 1.97. The SMILES string of the molecule is CN(C)c1ccc(CNCc2ccccn2)cc1.[Cl-]. The fourth-order valence-corrected chi connectivity index (χ4v) is 1.75. The van der Waals surface area contributed by atoms with Crippen LogP contribution in [0, 0.1) is 0 Å². The average Bonchev–Trinajstić information content (AvgIpc) is 2.40. The zero-order valence-electron chi connectivity index (χ0n) is 11.3. The van der Waals surface area contributed by atoms with Crippen LogP contribution in [0.2, 0.25) is 0 Å². The van der Waals surface area contributed by atoms with Gasteiger partial charge in [0.1, 0.15) is 0 Å². The van der Waals surface area contributed by atoms with Gasteiger partial charge in [0.25, 0.3) is 0 Å². The second-order valence-electron chi connectivity index (χ2n) is 4.49. The number of nitrogens with zero attached hydrogens (tertiary/aromatic N) is 2. The van der Waals surface area contributed by atoms with E-state index in [1.165, 1.54) is 11.3 Å². The smallest absolute Gasteiger partial charge is 0.0541 e. The van der Waals surface area contributed by atoms with Crippen molar-refractivity contribution in [3.05, 3.63) is 59.9 Å². The van der Waals surface area contributed by atoms with Crippen LogP contribution < -0.4 is 22.6 Å². The number of hydrogen-bond acceptors (Lipinski definition) is 3. The molecule has 0 bridgehead atoms. The Balaban J connectivity index is 0.00000180. The number of benzene rings is 1. The molecule has 0 fully saturated rings. The fourth-order valence-electron chi connectivity index (χ4n) is 1.75. The van der Waals surface area contributed by atoms with E-state index in [0.29, 0.717) is 0 Å². The molecule has 4 heteroatoms. The number of rotatable bonds is 5. The molecule has 0 saturated carbocycles. The molecule has 0 aliphatic carbocycles. The first-order valence-electron chi connectivity index (χ1n) is 6.12. The first-order chi connectivity index (χ1) is 8.75. The quantitative estimate of drug-likeness (QED) is 0.794. The van der Waals surface area contributed by atoms with Crippen LogP contribution in [0.1, 0.15) is 11.3 Å². The molecule has 0 atom stereocenters. The van der Waals surface area contributed by atoms with Gasteiger partial charge in [0.05, 0.1) is 5.69 Å². The largest absolute Gasteiger partial charge is 1.00 e. The van der Waals surface area contributed by atoms with Crippen LogP contribution in [-0.4, -0.2) is 19.1 Å². The van der Waals surface area contributed by atoms with E-state index in [9.17, 15) is 0 Å². The summed E-state index contributed by atoms with van der Waals surface area (Å²) < 4.78 is 0. The van der Waals surface area contributed by atoms with Gasteiger partial charge in [-0.05, 0) is 29.8 Å². The Labute approximate surface area is 121 Å². The van der Waals surface area contributed by atoms with Gasteiger partial charge in [-0.2, -0.15) is 0 Å². The molecule has 0 radical (unpaired) electrons. The van der Waals surface area contributed by atoms with E-state index in [4.69, 9.17) is 0 Å². The number of hydrogen-bond donors (Lipinski definition) is 1. The van der Waals surface area contributed by atoms with Crippen molar-refractivity contribution in [1.29, 1.82) is 0 Å². The molecule has 1 heterocycles. The number of nitrogens with one attached hydrogen (secondary N) is 1. The summed E-state index contributed by atoms with van der Waals surface area (Å²) in [5.74, 6) is 0. The molecule has 1 N–H and O–H groups in total. The van der Waals surface area contributed by atoms with Gasteiger partial charge < -0.3 is 22.6 Å². The molecule has 1 aromatic carbocycles. The summed E-state index contributed by atoms with van der Waals surface area (Å²) in [6.45, 7) is 1.67. The second kappa shape index (κ2) is 7.77. The Bertz CT molecular complexity index is 469. The van der Waals surface area contributed by atoms with Crippen molar-refractivity contribution < 1.29 is 12.4 Å². The number of halogens is 1. The number of pyridine rings is 1. The maximum atomic E-state index is 4.28. The molecule has 0 amide bonds. The van der Waals surface area contributed by atoms with Gasteiger partial charge in [0.15, 0.2) is 0 Å². The molecule has 0 aliphatic heterocycles.